The molecule has 0 radical (unpaired) electrons. The van der Waals surface area contributed by atoms with Crippen LogP contribution in [0.2, 0.25) is 0 Å². The summed E-state index contributed by atoms with van der Waals surface area (Å²) < 4.78 is 0. The zero-order valence-electron chi connectivity index (χ0n) is 9.69. The van der Waals surface area contributed by atoms with Gasteiger partial charge < -0.3 is 0 Å². The van der Waals surface area contributed by atoms with Gasteiger partial charge in [0.2, 0.25) is 0 Å². The van der Waals surface area contributed by atoms with Gasteiger partial charge in [-0.3, -0.25) is 9.88 Å². The van der Waals surface area contributed by atoms with Gasteiger partial charge in [-0.2, -0.15) is 5.26 Å². The van der Waals surface area contributed by atoms with Gasteiger partial charge in [0, 0.05) is 18.8 Å². The maximum absolute atomic E-state index is 8.93. The van der Waals surface area contributed by atoms with Crippen molar-refractivity contribution in [2.45, 2.75) is 26.3 Å². The Hall–Kier alpha value is -1.40. The minimum Gasteiger partial charge on any atom is -0.296 e. The molecule has 1 aliphatic rings. The molecule has 3 nitrogen and oxygen atoms in total. The third kappa shape index (κ3) is 2.80. The van der Waals surface area contributed by atoms with Gasteiger partial charge in [0.1, 0.15) is 0 Å². The highest BCUT2D eigenvalue weighted by Gasteiger charge is 2.19. The van der Waals surface area contributed by atoms with Crippen LogP contribution in [-0.2, 0) is 6.54 Å². The molecule has 84 valence electrons. The molecule has 1 aromatic rings. The zero-order valence-corrected chi connectivity index (χ0v) is 9.69. The number of nitrogens with zero attached hydrogens (tertiary/aromatic N) is 3. The van der Waals surface area contributed by atoms with Crippen LogP contribution in [0.4, 0.5) is 0 Å². The summed E-state index contributed by atoms with van der Waals surface area (Å²) in [6.07, 6.45) is 2.18. The van der Waals surface area contributed by atoms with Crippen molar-refractivity contribution in [2.24, 2.45) is 5.92 Å². The molecule has 0 bridgehead atoms. The first-order valence-electron chi connectivity index (χ1n) is 5.82. The average Bonchev–Trinajstić information content (AvgIpc) is 2.29. The van der Waals surface area contributed by atoms with E-state index >= 15 is 0 Å². The molecule has 1 aromatic heterocycles. The fourth-order valence-corrected chi connectivity index (χ4v) is 2.22. The van der Waals surface area contributed by atoms with E-state index in [2.05, 4.69) is 22.0 Å². The van der Waals surface area contributed by atoms with Crippen molar-refractivity contribution in [1.82, 2.24) is 9.88 Å². The average molecular weight is 215 g/mol. The number of nitriles is 1. The van der Waals surface area contributed by atoms with Crippen molar-refractivity contribution in [3.63, 3.8) is 0 Å². The molecule has 0 spiro atoms. The van der Waals surface area contributed by atoms with Crippen LogP contribution in [0.3, 0.4) is 0 Å². The summed E-state index contributed by atoms with van der Waals surface area (Å²) >= 11 is 0. The highest BCUT2D eigenvalue weighted by molar-refractivity contribution is 5.10. The van der Waals surface area contributed by atoms with Crippen LogP contribution in [0.15, 0.2) is 18.2 Å². The van der Waals surface area contributed by atoms with Crippen LogP contribution in [0, 0.1) is 24.2 Å². The fraction of sp³-hybridized carbons (Fsp3) is 0.538. The van der Waals surface area contributed by atoms with Gasteiger partial charge in [-0.15, -0.1) is 0 Å². The Balaban J connectivity index is 1.97. The van der Waals surface area contributed by atoms with Gasteiger partial charge in [-0.25, -0.2) is 0 Å². The van der Waals surface area contributed by atoms with Gasteiger partial charge in [0.05, 0.1) is 17.7 Å². The number of hydrogen-bond acceptors (Lipinski definition) is 3. The molecule has 1 aliphatic heterocycles. The number of likely N-dealkylation sites (tertiary alicyclic amines) is 1. The molecular weight excluding hydrogens is 198 g/mol. The van der Waals surface area contributed by atoms with Crippen molar-refractivity contribution >= 4 is 0 Å². The lowest BCUT2D eigenvalue weighted by Crippen LogP contribution is -2.34. The lowest BCUT2D eigenvalue weighted by molar-refractivity contribution is 0.190. The maximum Gasteiger partial charge on any atom is 0.0669 e. The Labute approximate surface area is 96.7 Å². The number of hydrogen-bond donors (Lipinski definition) is 0. The van der Waals surface area contributed by atoms with E-state index in [0.717, 1.165) is 43.9 Å². The summed E-state index contributed by atoms with van der Waals surface area (Å²) in [5.41, 5.74) is 2.17. The number of pyridine rings is 1. The highest BCUT2D eigenvalue weighted by atomic mass is 15.1. The maximum atomic E-state index is 8.93. The van der Waals surface area contributed by atoms with Crippen molar-refractivity contribution < 1.29 is 0 Å². The second-order valence-electron chi connectivity index (χ2n) is 4.47. The first kappa shape index (κ1) is 11.1. The van der Waals surface area contributed by atoms with Crippen molar-refractivity contribution in [3.8, 4) is 6.07 Å². The lowest BCUT2D eigenvalue weighted by Gasteiger charge is -2.29. The van der Waals surface area contributed by atoms with Crippen LogP contribution < -0.4 is 0 Å². The molecule has 0 N–H and O–H groups in total. The molecule has 1 atom stereocenters. The normalized spacial score (nSPS) is 21.6. The predicted octanol–water partition coefficient (Wildman–Crippen LogP) is 2.13. The van der Waals surface area contributed by atoms with Crippen LogP contribution in [0.5, 0.6) is 0 Å². The SMILES string of the molecule is Cc1cccc(CN2CCCC(C#N)C2)n1. The summed E-state index contributed by atoms with van der Waals surface area (Å²) in [5.74, 6) is 0.207. The second-order valence-corrected chi connectivity index (χ2v) is 4.47. The molecule has 1 fully saturated rings. The minimum atomic E-state index is 0.207. The van der Waals surface area contributed by atoms with E-state index in [4.69, 9.17) is 5.26 Å². The molecule has 0 saturated carbocycles. The minimum absolute atomic E-state index is 0.207. The third-order valence-corrected chi connectivity index (χ3v) is 3.02. The number of aryl methyl sites for hydroxylation is 1. The fourth-order valence-electron chi connectivity index (χ4n) is 2.22. The Kier molecular flexibility index (Phi) is 3.53. The quantitative estimate of drug-likeness (QED) is 0.758. The monoisotopic (exact) mass is 215 g/mol. The highest BCUT2D eigenvalue weighted by Crippen LogP contribution is 2.17. The Morgan fingerprint density at radius 2 is 2.44 bits per heavy atom. The molecule has 0 aromatic carbocycles. The van der Waals surface area contributed by atoms with Gasteiger partial charge in [-0.1, -0.05) is 6.07 Å². The van der Waals surface area contributed by atoms with Gasteiger partial charge in [0.25, 0.3) is 0 Å². The lowest BCUT2D eigenvalue weighted by atomic mass is 9.99. The Morgan fingerprint density at radius 3 is 3.19 bits per heavy atom. The summed E-state index contributed by atoms with van der Waals surface area (Å²) in [7, 11) is 0. The van der Waals surface area contributed by atoms with E-state index in [1.54, 1.807) is 0 Å². The topological polar surface area (TPSA) is 39.9 Å². The first-order valence-corrected chi connectivity index (χ1v) is 5.82. The zero-order chi connectivity index (χ0) is 11.4. The largest absolute Gasteiger partial charge is 0.296 e. The Bertz CT molecular complexity index is 394. The van der Waals surface area contributed by atoms with Gasteiger partial charge in [0.15, 0.2) is 0 Å². The van der Waals surface area contributed by atoms with Crippen LogP contribution >= 0.6 is 0 Å². The summed E-state index contributed by atoms with van der Waals surface area (Å²) in [4.78, 5) is 6.83. The van der Waals surface area contributed by atoms with E-state index in [9.17, 15) is 0 Å². The number of piperidine rings is 1. The van der Waals surface area contributed by atoms with Crippen LogP contribution in [-0.4, -0.2) is 23.0 Å². The molecule has 2 rings (SSSR count). The van der Waals surface area contributed by atoms with E-state index < -0.39 is 0 Å². The molecule has 1 saturated heterocycles. The molecule has 3 heteroatoms. The van der Waals surface area contributed by atoms with E-state index in [0.29, 0.717) is 0 Å². The molecule has 0 aliphatic carbocycles. The third-order valence-electron chi connectivity index (χ3n) is 3.02. The summed E-state index contributed by atoms with van der Waals surface area (Å²) in [6.45, 7) is 4.87. The van der Waals surface area contributed by atoms with Crippen LogP contribution in [0.1, 0.15) is 24.2 Å². The smallest absolute Gasteiger partial charge is 0.0669 e. The van der Waals surface area contributed by atoms with E-state index in [1.807, 2.05) is 19.1 Å². The number of rotatable bonds is 2. The standard InChI is InChI=1S/C13H17N3/c1-11-4-2-6-13(15-11)10-16-7-3-5-12(8-14)9-16/h2,4,6,12H,3,5,7,9-10H2,1H3. The van der Waals surface area contributed by atoms with Gasteiger partial charge in [-0.05, 0) is 38.4 Å². The first-order chi connectivity index (χ1) is 7.78. The predicted molar refractivity (Wildman–Crippen MR) is 62.6 cm³/mol. The molecular formula is C13H17N3. The Morgan fingerprint density at radius 1 is 1.56 bits per heavy atom. The van der Waals surface area contributed by atoms with Gasteiger partial charge >= 0.3 is 0 Å². The van der Waals surface area contributed by atoms with Crippen molar-refractivity contribution in [3.05, 3.63) is 29.6 Å². The van der Waals surface area contributed by atoms with Crippen molar-refractivity contribution in [1.29, 1.82) is 5.26 Å². The molecule has 2 heterocycles. The second kappa shape index (κ2) is 5.09. The van der Waals surface area contributed by atoms with Crippen molar-refractivity contribution in [2.75, 3.05) is 13.1 Å². The molecule has 16 heavy (non-hydrogen) atoms. The van der Waals surface area contributed by atoms with Crippen LogP contribution in [0.25, 0.3) is 0 Å². The van der Waals surface area contributed by atoms with E-state index in [1.165, 1.54) is 0 Å². The molecule has 1 unspecified atom stereocenters. The number of aromatic nitrogens is 1. The van der Waals surface area contributed by atoms with E-state index in [-0.39, 0.29) is 5.92 Å². The summed E-state index contributed by atoms with van der Waals surface area (Å²) in [5, 5.41) is 8.93. The summed E-state index contributed by atoms with van der Waals surface area (Å²) in [6, 6.07) is 8.48. The molecule has 0 amide bonds.